The van der Waals surface area contributed by atoms with Gasteiger partial charge in [0.2, 0.25) is 10.0 Å². The number of nitrogens with one attached hydrogen (secondary N) is 1. The topological polar surface area (TPSA) is 81.4 Å². The Morgan fingerprint density at radius 3 is 2.22 bits per heavy atom. The fraction of sp³-hybridized carbons (Fsp3) is 0.500. The van der Waals surface area contributed by atoms with Crippen LogP contribution in [0.1, 0.15) is 26.3 Å². The van der Waals surface area contributed by atoms with Crippen LogP contribution in [0, 0.1) is 6.92 Å². The van der Waals surface area contributed by atoms with Crippen molar-refractivity contribution >= 4 is 15.7 Å². The predicted octanol–water partition coefficient (Wildman–Crippen LogP) is 1.66. The maximum Gasteiger partial charge on any atom is 0.241 e. The van der Waals surface area contributed by atoms with Gasteiger partial charge in [-0.05, 0) is 45.4 Å². The SMILES string of the molecule is COc1c(C)cc(S(=O)(=O)NC(C)(C)C)cc1N. The molecule has 5 nitrogen and oxygen atoms in total. The number of nitrogen functional groups attached to an aromatic ring is 1. The number of ether oxygens (including phenoxy) is 1. The van der Waals surface area contributed by atoms with Gasteiger partial charge in [0.05, 0.1) is 17.7 Å². The fourth-order valence-electron chi connectivity index (χ4n) is 1.66. The van der Waals surface area contributed by atoms with Crippen molar-refractivity contribution < 1.29 is 13.2 Å². The van der Waals surface area contributed by atoms with Crippen molar-refractivity contribution in [3.8, 4) is 5.75 Å². The minimum absolute atomic E-state index is 0.147. The highest BCUT2D eigenvalue weighted by Crippen LogP contribution is 2.29. The van der Waals surface area contributed by atoms with E-state index in [2.05, 4.69) is 4.72 Å². The third kappa shape index (κ3) is 3.36. The van der Waals surface area contributed by atoms with Crippen molar-refractivity contribution in [2.45, 2.75) is 38.1 Å². The number of rotatable bonds is 3. The zero-order valence-corrected chi connectivity index (χ0v) is 12.2. The molecule has 3 N–H and O–H groups in total. The van der Waals surface area contributed by atoms with Crippen LogP contribution in [0.3, 0.4) is 0 Å². The first kappa shape index (κ1) is 14.8. The summed E-state index contributed by atoms with van der Waals surface area (Å²) in [4.78, 5) is 0.147. The van der Waals surface area contributed by atoms with Gasteiger partial charge in [-0.1, -0.05) is 0 Å². The van der Waals surface area contributed by atoms with E-state index >= 15 is 0 Å². The molecule has 0 spiro atoms. The van der Waals surface area contributed by atoms with E-state index in [1.807, 2.05) is 0 Å². The third-order valence-electron chi connectivity index (χ3n) is 2.23. The van der Waals surface area contributed by atoms with E-state index in [0.717, 1.165) is 0 Å². The van der Waals surface area contributed by atoms with Gasteiger partial charge in [-0.3, -0.25) is 0 Å². The van der Waals surface area contributed by atoms with Crippen molar-refractivity contribution in [2.24, 2.45) is 0 Å². The molecule has 0 heterocycles. The molecular weight excluding hydrogens is 252 g/mol. The minimum Gasteiger partial charge on any atom is -0.494 e. The summed E-state index contributed by atoms with van der Waals surface area (Å²) in [5.41, 5.74) is 6.23. The molecule has 102 valence electrons. The van der Waals surface area contributed by atoms with Gasteiger partial charge in [0.1, 0.15) is 5.75 Å². The molecule has 1 aromatic rings. The lowest BCUT2D eigenvalue weighted by atomic mass is 10.1. The number of anilines is 1. The van der Waals surface area contributed by atoms with Gasteiger partial charge in [-0.25, -0.2) is 13.1 Å². The van der Waals surface area contributed by atoms with Crippen LogP contribution in [0.4, 0.5) is 5.69 Å². The monoisotopic (exact) mass is 272 g/mol. The van der Waals surface area contributed by atoms with E-state index < -0.39 is 15.6 Å². The standard InChI is InChI=1S/C12H20N2O3S/c1-8-6-9(7-10(13)11(8)17-5)18(15,16)14-12(2,3)4/h6-7,14H,13H2,1-5H3. The van der Waals surface area contributed by atoms with Gasteiger partial charge >= 0.3 is 0 Å². The van der Waals surface area contributed by atoms with Crippen molar-refractivity contribution in [1.29, 1.82) is 0 Å². The van der Waals surface area contributed by atoms with E-state index in [0.29, 0.717) is 17.0 Å². The van der Waals surface area contributed by atoms with Gasteiger partial charge in [-0.2, -0.15) is 0 Å². The highest BCUT2D eigenvalue weighted by Gasteiger charge is 2.23. The van der Waals surface area contributed by atoms with Crippen molar-refractivity contribution in [1.82, 2.24) is 4.72 Å². The highest BCUT2D eigenvalue weighted by molar-refractivity contribution is 7.89. The molecule has 0 aliphatic rings. The van der Waals surface area contributed by atoms with Crippen LogP contribution in [0.15, 0.2) is 17.0 Å². The molecule has 1 rings (SSSR count). The van der Waals surface area contributed by atoms with E-state index in [-0.39, 0.29) is 4.90 Å². The lowest BCUT2D eigenvalue weighted by Crippen LogP contribution is -2.40. The van der Waals surface area contributed by atoms with Crippen molar-refractivity contribution in [3.63, 3.8) is 0 Å². The molecule has 0 amide bonds. The molecule has 0 aromatic heterocycles. The summed E-state index contributed by atoms with van der Waals surface area (Å²) in [6.07, 6.45) is 0. The van der Waals surface area contributed by atoms with Gasteiger partial charge in [-0.15, -0.1) is 0 Å². The van der Waals surface area contributed by atoms with Crippen molar-refractivity contribution in [2.75, 3.05) is 12.8 Å². The summed E-state index contributed by atoms with van der Waals surface area (Å²) in [6.45, 7) is 7.10. The largest absolute Gasteiger partial charge is 0.494 e. The highest BCUT2D eigenvalue weighted by atomic mass is 32.2. The van der Waals surface area contributed by atoms with Crippen LogP contribution in [0.5, 0.6) is 5.75 Å². The van der Waals surface area contributed by atoms with Gasteiger partial charge < -0.3 is 10.5 Å². The zero-order valence-electron chi connectivity index (χ0n) is 11.4. The first-order valence-electron chi connectivity index (χ1n) is 5.55. The maximum absolute atomic E-state index is 12.1. The van der Waals surface area contributed by atoms with E-state index in [4.69, 9.17) is 10.5 Å². The summed E-state index contributed by atoms with van der Waals surface area (Å²) in [5, 5.41) is 0. The van der Waals surface area contributed by atoms with Gasteiger partial charge in [0.25, 0.3) is 0 Å². The Morgan fingerprint density at radius 2 is 1.83 bits per heavy atom. The lowest BCUT2D eigenvalue weighted by molar-refractivity contribution is 0.413. The molecule has 0 atom stereocenters. The average Bonchev–Trinajstić information content (AvgIpc) is 2.13. The summed E-state index contributed by atoms with van der Waals surface area (Å²) < 4.78 is 32.0. The summed E-state index contributed by atoms with van der Waals surface area (Å²) in [6, 6.07) is 2.95. The fourth-order valence-corrected chi connectivity index (χ4v) is 3.20. The molecule has 0 fully saturated rings. The molecule has 0 saturated heterocycles. The molecule has 0 radical (unpaired) electrons. The lowest BCUT2D eigenvalue weighted by Gasteiger charge is -2.21. The normalized spacial score (nSPS) is 12.5. The quantitative estimate of drug-likeness (QED) is 0.820. The number of methoxy groups -OCH3 is 1. The van der Waals surface area contributed by atoms with Crippen LogP contribution in [0.2, 0.25) is 0 Å². The van der Waals surface area contributed by atoms with Crippen LogP contribution >= 0.6 is 0 Å². The predicted molar refractivity (Wildman–Crippen MR) is 72.2 cm³/mol. The smallest absolute Gasteiger partial charge is 0.241 e. The number of hydrogen-bond acceptors (Lipinski definition) is 4. The molecule has 0 aliphatic carbocycles. The first-order valence-corrected chi connectivity index (χ1v) is 7.03. The average molecular weight is 272 g/mol. The second-order valence-electron chi connectivity index (χ2n) is 5.22. The Balaban J connectivity index is 3.27. The Labute approximate surface area is 108 Å². The van der Waals surface area contributed by atoms with Gasteiger partial charge in [0, 0.05) is 5.54 Å². The van der Waals surface area contributed by atoms with Crippen LogP contribution < -0.4 is 15.2 Å². The summed E-state index contributed by atoms with van der Waals surface area (Å²) in [5.74, 6) is 0.504. The second kappa shape index (κ2) is 4.78. The third-order valence-corrected chi connectivity index (χ3v) is 3.97. The molecule has 0 unspecified atom stereocenters. The Hall–Kier alpha value is -1.27. The first-order chi connectivity index (χ1) is 8.07. The van der Waals surface area contributed by atoms with E-state index in [9.17, 15) is 8.42 Å². The number of aryl methyl sites for hydroxylation is 1. The second-order valence-corrected chi connectivity index (χ2v) is 6.90. The van der Waals surface area contributed by atoms with Gasteiger partial charge in [0.15, 0.2) is 0 Å². The van der Waals surface area contributed by atoms with E-state index in [1.54, 1.807) is 33.8 Å². The Morgan fingerprint density at radius 1 is 1.28 bits per heavy atom. The summed E-state index contributed by atoms with van der Waals surface area (Å²) >= 11 is 0. The molecule has 1 aromatic carbocycles. The molecule has 0 aliphatic heterocycles. The maximum atomic E-state index is 12.1. The number of sulfonamides is 1. The molecule has 0 saturated carbocycles. The van der Waals surface area contributed by atoms with Crippen LogP contribution in [-0.2, 0) is 10.0 Å². The number of hydrogen-bond donors (Lipinski definition) is 2. The molecular formula is C12H20N2O3S. The number of benzene rings is 1. The van der Waals surface area contributed by atoms with Crippen molar-refractivity contribution in [3.05, 3.63) is 17.7 Å². The Bertz CT molecular complexity index is 522. The molecule has 6 heteroatoms. The molecule has 18 heavy (non-hydrogen) atoms. The summed E-state index contributed by atoms with van der Waals surface area (Å²) in [7, 11) is -2.07. The van der Waals surface area contributed by atoms with E-state index in [1.165, 1.54) is 13.2 Å². The minimum atomic E-state index is -3.57. The van der Waals surface area contributed by atoms with Crippen LogP contribution in [-0.4, -0.2) is 21.1 Å². The number of nitrogens with two attached hydrogens (primary N) is 1. The zero-order chi connectivity index (χ0) is 14.1. The van der Waals surface area contributed by atoms with Crippen LogP contribution in [0.25, 0.3) is 0 Å². The molecule has 0 bridgehead atoms. The Kier molecular flexibility index (Phi) is 3.92.